The first-order valence-electron chi connectivity index (χ1n) is 6.40. The van der Waals surface area contributed by atoms with Crippen LogP contribution in [0.25, 0.3) is 0 Å². The number of ether oxygens (including phenoxy) is 1. The van der Waals surface area contributed by atoms with Crippen molar-refractivity contribution in [2.45, 2.75) is 51.7 Å². The van der Waals surface area contributed by atoms with Crippen molar-refractivity contribution in [3.05, 3.63) is 16.4 Å². The monoisotopic (exact) mass is 274 g/mol. The molecule has 0 spiro atoms. The van der Waals surface area contributed by atoms with Gasteiger partial charge in [0.2, 0.25) is 0 Å². The van der Waals surface area contributed by atoms with Gasteiger partial charge in [0.15, 0.2) is 0 Å². The molecule has 4 nitrogen and oxygen atoms in total. The summed E-state index contributed by atoms with van der Waals surface area (Å²) in [6, 6.07) is 0. The zero-order valence-corrected chi connectivity index (χ0v) is 12.4. The Hall–Kier alpha value is -0.580. The lowest BCUT2D eigenvalue weighted by Crippen LogP contribution is -2.16. The first-order valence-corrected chi connectivity index (χ1v) is 6.78. The smallest absolute Gasteiger partial charge is 0.0850 e. The van der Waals surface area contributed by atoms with Crippen LogP contribution in [0.15, 0.2) is 0 Å². The fourth-order valence-electron chi connectivity index (χ4n) is 1.91. The number of aryl methyl sites for hydroxylation is 2. The maximum absolute atomic E-state index is 10.0. The fourth-order valence-corrected chi connectivity index (χ4v) is 2.28. The van der Waals surface area contributed by atoms with Gasteiger partial charge in [0.05, 0.1) is 28.6 Å². The van der Waals surface area contributed by atoms with Crippen molar-refractivity contribution in [1.82, 2.24) is 9.78 Å². The summed E-state index contributed by atoms with van der Waals surface area (Å²) in [5, 5.41) is 15.1. The number of nitrogens with zero attached hydrogens (tertiary/aromatic N) is 2. The summed E-state index contributed by atoms with van der Waals surface area (Å²) in [5.41, 5.74) is 1.80. The highest BCUT2D eigenvalue weighted by atomic mass is 35.5. The van der Waals surface area contributed by atoms with E-state index in [0.29, 0.717) is 17.9 Å². The van der Waals surface area contributed by atoms with Gasteiger partial charge in [-0.3, -0.25) is 4.68 Å². The summed E-state index contributed by atoms with van der Waals surface area (Å²) in [7, 11) is 3.55. The number of aliphatic hydroxyl groups excluding tert-OH is 1. The molecular formula is C13H23ClN2O2. The van der Waals surface area contributed by atoms with Crippen LogP contribution in [0.1, 0.15) is 38.1 Å². The van der Waals surface area contributed by atoms with Gasteiger partial charge in [0.25, 0.3) is 0 Å². The molecular weight excluding hydrogens is 252 g/mol. The van der Waals surface area contributed by atoms with Crippen molar-refractivity contribution in [2.75, 3.05) is 7.11 Å². The average molecular weight is 275 g/mol. The molecule has 1 heterocycles. The van der Waals surface area contributed by atoms with Crippen LogP contribution >= 0.6 is 11.6 Å². The second-order valence-electron chi connectivity index (χ2n) is 4.67. The lowest BCUT2D eigenvalue weighted by molar-refractivity contribution is 0.0846. The summed E-state index contributed by atoms with van der Waals surface area (Å²) in [5.74, 6) is 0. The van der Waals surface area contributed by atoms with Gasteiger partial charge in [0.1, 0.15) is 0 Å². The third kappa shape index (κ3) is 3.97. The van der Waals surface area contributed by atoms with Crippen LogP contribution in [0.4, 0.5) is 0 Å². The number of hydrogen-bond acceptors (Lipinski definition) is 3. The summed E-state index contributed by atoms with van der Waals surface area (Å²) in [6.07, 6.45) is 2.67. The van der Waals surface area contributed by atoms with Crippen molar-refractivity contribution >= 4 is 11.6 Å². The van der Waals surface area contributed by atoms with Gasteiger partial charge in [-0.2, -0.15) is 5.10 Å². The fraction of sp³-hybridized carbons (Fsp3) is 0.769. The third-order valence-electron chi connectivity index (χ3n) is 3.24. The molecule has 0 fully saturated rings. The van der Waals surface area contributed by atoms with E-state index < -0.39 is 6.10 Å². The van der Waals surface area contributed by atoms with E-state index in [9.17, 15) is 5.11 Å². The molecule has 104 valence electrons. The molecule has 0 aliphatic heterocycles. The standard InChI is InChI=1S/C13H23ClN2O2/c1-5-11-13(14)12(16(3)15-11)8-10(17)7-6-9(2)18-4/h9-10,17H,5-8H2,1-4H3. The summed E-state index contributed by atoms with van der Waals surface area (Å²) < 4.78 is 6.93. The maximum Gasteiger partial charge on any atom is 0.0850 e. The zero-order chi connectivity index (χ0) is 13.7. The Morgan fingerprint density at radius 1 is 1.44 bits per heavy atom. The van der Waals surface area contributed by atoms with Gasteiger partial charge in [-0.05, 0) is 26.2 Å². The molecule has 0 saturated carbocycles. The Morgan fingerprint density at radius 2 is 2.11 bits per heavy atom. The topological polar surface area (TPSA) is 47.3 Å². The highest BCUT2D eigenvalue weighted by Crippen LogP contribution is 2.23. The van der Waals surface area contributed by atoms with E-state index in [2.05, 4.69) is 5.10 Å². The van der Waals surface area contributed by atoms with Gasteiger partial charge in [-0.1, -0.05) is 18.5 Å². The number of hydrogen-bond donors (Lipinski definition) is 1. The predicted molar refractivity (Wildman–Crippen MR) is 73.0 cm³/mol. The summed E-state index contributed by atoms with van der Waals surface area (Å²) >= 11 is 6.24. The van der Waals surface area contributed by atoms with E-state index in [-0.39, 0.29) is 6.10 Å². The molecule has 18 heavy (non-hydrogen) atoms. The van der Waals surface area contributed by atoms with Crippen molar-refractivity contribution in [3.63, 3.8) is 0 Å². The minimum absolute atomic E-state index is 0.174. The third-order valence-corrected chi connectivity index (χ3v) is 3.68. The Bertz CT molecular complexity index is 379. The lowest BCUT2D eigenvalue weighted by atomic mass is 10.1. The first-order chi connectivity index (χ1) is 8.49. The Labute approximate surface area is 114 Å². The highest BCUT2D eigenvalue weighted by Gasteiger charge is 2.17. The molecule has 1 N–H and O–H groups in total. The molecule has 2 unspecified atom stereocenters. The number of rotatable bonds is 7. The maximum atomic E-state index is 10.0. The van der Waals surface area contributed by atoms with Gasteiger partial charge in [-0.25, -0.2) is 0 Å². The Kier molecular flexibility index (Phi) is 6.12. The van der Waals surface area contributed by atoms with Crippen LogP contribution in [0.5, 0.6) is 0 Å². The summed E-state index contributed by atoms with van der Waals surface area (Å²) in [4.78, 5) is 0. The van der Waals surface area contributed by atoms with Crippen LogP contribution in [0, 0.1) is 0 Å². The minimum Gasteiger partial charge on any atom is -0.393 e. The van der Waals surface area contributed by atoms with Gasteiger partial charge in [0, 0.05) is 20.6 Å². The quantitative estimate of drug-likeness (QED) is 0.830. The normalized spacial score (nSPS) is 14.8. The average Bonchev–Trinajstić information content (AvgIpc) is 2.63. The second-order valence-corrected chi connectivity index (χ2v) is 5.04. The van der Waals surface area contributed by atoms with Gasteiger partial charge < -0.3 is 9.84 Å². The molecule has 0 bridgehead atoms. The van der Waals surface area contributed by atoms with E-state index in [1.807, 2.05) is 20.9 Å². The molecule has 0 saturated heterocycles. The van der Waals surface area contributed by atoms with Crippen molar-refractivity contribution in [1.29, 1.82) is 0 Å². The van der Waals surface area contributed by atoms with Crippen molar-refractivity contribution in [3.8, 4) is 0 Å². The van der Waals surface area contributed by atoms with Crippen LogP contribution in [-0.2, 0) is 24.6 Å². The SMILES string of the molecule is CCc1nn(C)c(CC(O)CCC(C)OC)c1Cl. The molecule has 0 aliphatic carbocycles. The van der Waals surface area contributed by atoms with E-state index >= 15 is 0 Å². The van der Waals surface area contributed by atoms with Crippen molar-refractivity contribution in [2.24, 2.45) is 7.05 Å². The molecule has 1 rings (SSSR count). The Morgan fingerprint density at radius 3 is 2.61 bits per heavy atom. The van der Waals surface area contributed by atoms with Crippen LogP contribution in [0.2, 0.25) is 5.02 Å². The van der Waals surface area contributed by atoms with Crippen molar-refractivity contribution < 1.29 is 9.84 Å². The largest absolute Gasteiger partial charge is 0.393 e. The molecule has 0 amide bonds. The number of aliphatic hydroxyl groups is 1. The molecule has 0 aliphatic rings. The lowest BCUT2D eigenvalue weighted by Gasteiger charge is -2.14. The predicted octanol–water partition coefficient (Wildman–Crippen LogP) is 2.35. The Balaban J connectivity index is 2.59. The molecule has 1 aromatic rings. The van der Waals surface area contributed by atoms with Crippen LogP contribution in [-0.4, -0.2) is 34.2 Å². The number of halogens is 1. The zero-order valence-electron chi connectivity index (χ0n) is 11.6. The second kappa shape index (κ2) is 7.12. The van der Waals surface area contributed by atoms with E-state index in [1.54, 1.807) is 11.8 Å². The summed E-state index contributed by atoms with van der Waals surface area (Å²) in [6.45, 7) is 4.02. The molecule has 5 heteroatoms. The van der Waals surface area contributed by atoms with Gasteiger partial charge >= 0.3 is 0 Å². The minimum atomic E-state index is -0.403. The van der Waals surface area contributed by atoms with E-state index in [0.717, 1.165) is 24.2 Å². The molecule has 0 radical (unpaired) electrons. The van der Waals surface area contributed by atoms with Crippen LogP contribution in [0.3, 0.4) is 0 Å². The molecule has 1 aromatic heterocycles. The highest BCUT2D eigenvalue weighted by molar-refractivity contribution is 6.31. The molecule has 2 atom stereocenters. The van der Waals surface area contributed by atoms with E-state index in [1.165, 1.54) is 0 Å². The first kappa shape index (κ1) is 15.5. The van der Waals surface area contributed by atoms with Crippen LogP contribution < -0.4 is 0 Å². The van der Waals surface area contributed by atoms with Gasteiger partial charge in [-0.15, -0.1) is 0 Å². The molecule has 0 aromatic carbocycles. The number of methoxy groups -OCH3 is 1. The van der Waals surface area contributed by atoms with E-state index in [4.69, 9.17) is 16.3 Å². The number of aromatic nitrogens is 2.